The Morgan fingerprint density at radius 3 is 0.944 bits per heavy atom. The minimum Gasteiger partial charge on any atom is -0.361 e. The van der Waals surface area contributed by atoms with Crippen LogP contribution in [0, 0.1) is 0 Å². The zero-order valence-electron chi connectivity index (χ0n) is 9.46. The Labute approximate surface area is 127 Å². The Kier molecular flexibility index (Phi) is 7.39. The molecule has 0 aromatic carbocycles. The number of hydrogen-bond acceptors (Lipinski definition) is 6. The minimum absolute atomic E-state index is 0.490. The third kappa shape index (κ3) is 5.89. The van der Waals surface area contributed by atoms with Crippen LogP contribution < -0.4 is 31.9 Å². The van der Waals surface area contributed by atoms with Crippen LogP contribution >= 0.6 is 48.9 Å². The summed E-state index contributed by atoms with van der Waals surface area (Å²) in [7, 11) is 0. The highest BCUT2D eigenvalue weighted by Crippen LogP contribution is 1.79. The molecule has 0 spiro atoms. The van der Waals surface area contributed by atoms with Crippen molar-refractivity contribution in [1.29, 1.82) is 0 Å². The first kappa shape index (κ1) is 15.5. The summed E-state index contributed by atoms with van der Waals surface area (Å²) in [5.74, 6) is 0. The number of nitrogens with one attached hydrogen (secondary N) is 6. The molecule has 1 rings (SSSR count). The van der Waals surface area contributed by atoms with Crippen molar-refractivity contribution in [3.8, 4) is 0 Å². The highest BCUT2D eigenvalue weighted by molar-refractivity contribution is 7.89. The van der Waals surface area contributed by atoms with Gasteiger partial charge >= 0.3 is 0 Å². The van der Waals surface area contributed by atoms with E-state index in [1.807, 2.05) is 0 Å². The molecule has 10 heteroatoms. The van der Waals surface area contributed by atoms with E-state index >= 15 is 0 Å². The smallest absolute Gasteiger partial charge is 0.135 e. The van der Waals surface area contributed by atoms with Crippen LogP contribution in [0.5, 0.6) is 0 Å². The standard InChI is InChI=1S/C8H14N6S4/c15-5-6(16)13-3-10-4-14-8(18)7(17)12-2-9-1-11-5/h9-10H,1-4H2,(H,11,15)(H,12,17)(H,13,16)(H,14,18). The summed E-state index contributed by atoms with van der Waals surface area (Å²) in [6, 6.07) is 0. The predicted molar refractivity (Wildman–Crippen MR) is 88.7 cm³/mol. The number of thiocarbonyl (C=S) groups is 4. The lowest BCUT2D eigenvalue weighted by Crippen LogP contribution is -2.50. The lowest BCUT2D eigenvalue weighted by Gasteiger charge is -2.16. The number of hydrogen-bond donors (Lipinski definition) is 6. The highest BCUT2D eigenvalue weighted by atomic mass is 32.1. The van der Waals surface area contributed by atoms with Crippen LogP contribution in [0.4, 0.5) is 0 Å². The Balaban J connectivity index is 2.46. The lowest BCUT2D eigenvalue weighted by atomic mass is 10.6. The first-order chi connectivity index (χ1) is 8.61. The molecule has 0 atom stereocenters. The van der Waals surface area contributed by atoms with Crippen molar-refractivity contribution >= 4 is 68.8 Å². The van der Waals surface area contributed by atoms with Crippen LogP contribution in [-0.2, 0) is 0 Å². The summed E-state index contributed by atoms with van der Waals surface area (Å²) < 4.78 is 0. The van der Waals surface area contributed by atoms with Gasteiger partial charge in [-0.05, 0) is 0 Å². The van der Waals surface area contributed by atoms with Crippen LogP contribution in [0.3, 0.4) is 0 Å². The molecule has 0 aromatic rings. The van der Waals surface area contributed by atoms with Crippen molar-refractivity contribution in [1.82, 2.24) is 31.9 Å². The minimum atomic E-state index is 0.490. The van der Waals surface area contributed by atoms with Gasteiger partial charge in [0.25, 0.3) is 0 Å². The second-order valence-corrected chi connectivity index (χ2v) is 4.86. The molecule has 0 bridgehead atoms. The molecule has 1 fully saturated rings. The molecule has 0 aromatic heterocycles. The van der Waals surface area contributed by atoms with E-state index in [4.69, 9.17) is 48.9 Å². The molecule has 100 valence electrons. The molecule has 0 aliphatic carbocycles. The van der Waals surface area contributed by atoms with Gasteiger partial charge in [0.1, 0.15) is 20.0 Å². The van der Waals surface area contributed by atoms with Crippen molar-refractivity contribution in [3.05, 3.63) is 0 Å². The predicted octanol–water partition coefficient (Wildman–Crippen LogP) is -1.32. The molecular weight excluding hydrogens is 308 g/mol. The molecule has 0 radical (unpaired) electrons. The highest BCUT2D eigenvalue weighted by Gasteiger charge is 2.05. The van der Waals surface area contributed by atoms with E-state index in [1.54, 1.807) is 0 Å². The average molecular weight is 323 g/mol. The monoisotopic (exact) mass is 322 g/mol. The second kappa shape index (κ2) is 8.56. The third-order valence-corrected chi connectivity index (χ3v) is 3.56. The van der Waals surface area contributed by atoms with E-state index in [0.717, 1.165) is 0 Å². The normalized spacial score (nSPS) is 20.0. The molecular formula is C8H14N6S4. The maximum atomic E-state index is 5.09. The largest absolute Gasteiger partial charge is 0.361 e. The van der Waals surface area contributed by atoms with Crippen LogP contribution in [0.1, 0.15) is 0 Å². The second-order valence-electron chi connectivity index (χ2n) is 3.23. The van der Waals surface area contributed by atoms with Gasteiger partial charge in [-0.25, -0.2) is 0 Å². The van der Waals surface area contributed by atoms with Gasteiger partial charge in [-0.1, -0.05) is 48.9 Å². The first-order valence-corrected chi connectivity index (χ1v) is 6.78. The van der Waals surface area contributed by atoms with E-state index in [9.17, 15) is 0 Å². The molecule has 1 heterocycles. The average Bonchev–Trinajstić information content (AvgIpc) is 2.35. The van der Waals surface area contributed by atoms with Gasteiger partial charge in [0, 0.05) is 0 Å². The summed E-state index contributed by atoms with van der Waals surface area (Å²) in [5.41, 5.74) is 0. The van der Waals surface area contributed by atoms with E-state index in [0.29, 0.717) is 46.6 Å². The van der Waals surface area contributed by atoms with Gasteiger partial charge in [0.05, 0.1) is 26.7 Å². The molecule has 0 unspecified atom stereocenters. The first-order valence-electron chi connectivity index (χ1n) is 5.14. The van der Waals surface area contributed by atoms with Crippen molar-refractivity contribution in [2.45, 2.75) is 0 Å². The SMILES string of the molecule is S=C1NCNCNC(=S)C(=S)NCNCNC1=S. The zero-order chi connectivity index (χ0) is 13.4. The molecule has 1 aliphatic heterocycles. The van der Waals surface area contributed by atoms with Gasteiger partial charge in [-0.2, -0.15) is 0 Å². The maximum absolute atomic E-state index is 5.09. The molecule has 6 N–H and O–H groups in total. The molecule has 1 aliphatic rings. The Hall–Kier alpha value is -0.520. The molecule has 18 heavy (non-hydrogen) atoms. The Morgan fingerprint density at radius 1 is 0.500 bits per heavy atom. The summed E-state index contributed by atoms with van der Waals surface area (Å²) in [6.07, 6.45) is 0. The van der Waals surface area contributed by atoms with Gasteiger partial charge < -0.3 is 21.3 Å². The van der Waals surface area contributed by atoms with E-state index in [2.05, 4.69) is 31.9 Å². The summed E-state index contributed by atoms with van der Waals surface area (Å²) in [5, 5.41) is 18.0. The lowest BCUT2D eigenvalue weighted by molar-refractivity contribution is 0.639. The molecule has 1 saturated heterocycles. The van der Waals surface area contributed by atoms with Crippen LogP contribution in [-0.4, -0.2) is 46.6 Å². The van der Waals surface area contributed by atoms with E-state index in [1.165, 1.54) is 0 Å². The Bertz CT molecular complexity index is 291. The third-order valence-electron chi connectivity index (χ3n) is 1.91. The van der Waals surface area contributed by atoms with Gasteiger partial charge in [0.2, 0.25) is 0 Å². The van der Waals surface area contributed by atoms with Crippen molar-refractivity contribution < 1.29 is 0 Å². The fourth-order valence-corrected chi connectivity index (χ4v) is 1.59. The van der Waals surface area contributed by atoms with Crippen LogP contribution in [0.25, 0.3) is 0 Å². The fourth-order valence-electron chi connectivity index (χ4n) is 1.02. The van der Waals surface area contributed by atoms with Gasteiger partial charge in [0.15, 0.2) is 0 Å². The quantitative estimate of drug-likeness (QED) is 0.303. The van der Waals surface area contributed by atoms with Crippen molar-refractivity contribution in [2.75, 3.05) is 26.7 Å². The topological polar surface area (TPSA) is 72.2 Å². The van der Waals surface area contributed by atoms with Crippen molar-refractivity contribution in [3.63, 3.8) is 0 Å². The molecule has 6 nitrogen and oxygen atoms in total. The zero-order valence-corrected chi connectivity index (χ0v) is 12.7. The molecule has 0 amide bonds. The maximum Gasteiger partial charge on any atom is 0.135 e. The van der Waals surface area contributed by atoms with Gasteiger partial charge in [-0.15, -0.1) is 0 Å². The van der Waals surface area contributed by atoms with E-state index in [-0.39, 0.29) is 0 Å². The Morgan fingerprint density at radius 2 is 0.722 bits per heavy atom. The van der Waals surface area contributed by atoms with Crippen LogP contribution in [0.2, 0.25) is 0 Å². The van der Waals surface area contributed by atoms with Gasteiger partial charge in [-0.3, -0.25) is 10.6 Å². The van der Waals surface area contributed by atoms with Crippen LogP contribution in [0.15, 0.2) is 0 Å². The molecule has 0 saturated carbocycles. The number of rotatable bonds is 0. The van der Waals surface area contributed by atoms with Crippen molar-refractivity contribution in [2.24, 2.45) is 0 Å². The summed E-state index contributed by atoms with van der Waals surface area (Å²) >= 11 is 20.4. The fraction of sp³-hybridized carbons (Fsp3) is 0.500. The summed E-state index contributed by atoms with van der Waals surface area (Å²) in [6.45, 7) is 1.96. The van der Waals surface area contributed by atoms with E-state index < -0.39 is 0 Å². The summed E-state index contributed by atoms with van der Waals surface area (Å²) in [4.78, 5) is 2.01.